The molecular weight excluding hydrogens is 288 g/mol. The van der Waals surface area contributed by atoms with Gasteiger partial charge in [-0.2, -0.15) is 0 Å². The fourth-order valence-electron chi connectivity index (χ4n) is 0.405. The third-order valence-electron chi connectivity index (χ3n) is 0.911. The van der Waals surface area contributed by atoms with Gasteiger partial charge >= 0.3 is 0 Å². The lowest BCUT2D eigenvalue weighted by Gasteiger charge is -1.93. The second-order valence-corrected chi connectivity index (χ2v) is 3.48. The Balaban J connectivity index is 3.09. The molecule has 0 aliphatic heterocycles. The molecule has 0 radical (unpaired) electrons. The molecule has 0 aliphatic rings. The molecule has 12 heavy (non-hydrogen) atoms. The molecule has 0 bridgehead atoms. The largest absolute Gasteiger partial charge is 0.299 e. The summed E-state index contributed by atoms with van der Waals surface area (Å²) < 4.78 is 0. The van der Waals surface area contributed by atoms with Crippen molar-refractivity contribution in [3.63, 3.8) is 0 Å². The molecule has 2 nitrogen and oxygen atoms in total. The van der Waals surface area contributed by atoms with Crippen molar-refractivity contribution < 1.29 is 9.78 Å². The predicted molar refractivity (Wildman–Crippen MR) is 57.3 cm³/mol. The Morgan fingerprint density at radius 2 is 1.25 bits per heavy atom. The third kappa shape index (κ3) is 10.0. The van der Waals surface area contributed by atoms with Gasteiger partial charge in [-0.15, -0.1) is 0 Å². The lowest BCUT2D eigenvalue weighted by molar-refractivity contribution is -0.196. The van der Waals surface area contributed by atoms with Gasteiger partial charge in [0.05, 0.1) is 0 Å². The van der Waals surface area contributed by atoms with E-state index in [0.717, 1.165) is 23.5 Å². The minimum atomic E-state index is 0.937. The van der Waals surface area contributed by atoms with Crippen LogP contribution >= 0.6 is 31.9 Å². The minimum absolute atomic E-state index is 0.937. The Hall–Kier alpha value is 0.0400. The van der Waals surface area contributed by atoms with E-state index in [4.69, 9.17) is 0 Å². The van der Waals surface area contributed by atoms with Crippen molar-refractivity contribution in [2.24, 2.45) is 0 Å². The van der Waals surface area contributed by atoms with Crippen LogP contribution in [-0.4, -0.2) is 10.7 Å². The van der Waals surface area contributed by atoms with Crippen molar-refractivity contribution in [3.05, 3.63) is 24.7 Å². The van der Waals surface area contributed by atoms with Crippen LogP contribution in [0.3, 0.4) is 0 Å². The summed E-state index contributed by atoms with van der Waals surface area (Å²) in [5, 5.41) is 1.87. The van der Waals surface area contributed by atoms with Gasteiger partial charge in [0, 0.05) is 10.7 Å². The molecule has 0 amide bonds. The van der Waals surface area contributed by atoms with E-state index in [9.17, 15) is 0 Å². The summed E-state index contributed by atoms with van der Waals surface area (Å²) >= 11 is 6.57. The second kappa shape index (κ2) is 11.0. The lowest BCUT2D eigenvalue weighted by Crippen LogP contribution is -1.77. The fraction of sp³-hybridized carbons (Fsp3) is 0.500. The van der Waals surface area contributed by atoms with Crippen LogP contribution in [0.1, 0.15) is 12.8 Å². The van der Waals surface area contributed by atoms with E-state index in [-0.39, 0.29) is 0 Å². The lowest BCUT2D eigenvalue weighted by atomic mass is 10.5. The molecule has 0 heterocycles. The number of allylic oxidation sites excluding steroid dienone is 2. The van der Waals surface area contributed by atoms with Crippen LogP contribution in [0, 0.1) is 0 Å². The monoisotopic (exact) mass is 298 g/mol. The molecule has 0 fully saturated rings. The summed E-state index contributed by atoms with van der Waals surface area (Å²) in [6.07, 6.45) is 8.70. The first-order valence-corrected chi connectivity index (χ1v) is 5.90. The Labute approximate surface area is 89.8 Å². The van der Waals surface area contributed by atoms with Gasteiger partial charge < -0.3 is 0 Å². The maximum absolute atomic E-state index is 4.68. The Morgan fingerprint density at radius 1 is 0.833 bits per heavy atom. The minimum Gasteiger partial charge on any atom is -0.299 e. The molecule has 0 saturated heterocycles. The van der Waals surface area contributed by atoms with E-state index < -0.39 is 0 Å². The van der Waals surface area contributed by atoms with Crippen molar-refractivity contribution in [3.8, 4) is 0 Å². The van der Waals surface area contributed by atoms with E-state index in [1.165, 1.54) is 12.5 Å². The highest BCUT2D eigenvalue weighted by atomic mass is 79.9. The van der Waals surface area contributed by atoms with Crippen LogP contribution in [0.5, 0.6) is 0 Å². The van der Waals surface area contributed by atoms with Crippen LogP contribution < -0.4 is 0 Å². The van der Waals surface area contributed by atoms with Crippen LogP contribution in [0.25, 0.3) is 0 Å². The Morgan fingerprint density at radius 3 is 1.58 bits per heavy atom. The van der Waals surface area contributed by atoms with Crippen LogP contribution in [0.4, 0.5) is 0 Å². The molecule has 0 spiro atoms. The van der Waals surface area contributed by atoms with E-state index in [0.29, 0.717) is 0 Å². The van der Waals surface area contributed by atoms with Gasteiger partial charge in [0.15, 0.2) is 0 Å². The van der Waals surface area contributed by atoms with Gasteiger partial charge in [-0.25, -0.2) is 0 Å². The van der Waals surface area contributed by atoms with Crippen molar-refractivity contribution in [2.45, 2.75) is 12.8 Å². The third-order valence-corrected chi connectivity index (χ3v) is 1.83. The summed E-state index contributed by atoms with van der Waals surface area (Å²) in [6.45, 7) is 0. The van der Waals surface area contributed by atoms with Gasteiger partial charge in [-0.1, -0.05) is 31.9 Å². The molecular formula is C8H12Br2O2. The van der Waals surface area contributed by atoms with Crippen LogP contribution in [0.2, 0.25) is 0 Å². The van der Waals surface area contributed by atoms with Gasteiger partial charge in [0.25, 0.3) is 0 Å². The maximum atomic E-state index is 4.68. The zero-order chi connectivity index (χ0) is 9.07. The highest BCUT2D eigenvalue weighted by Gasteiger charge is 1.76. The number of alkyl halides is 2. The van der Waals surface area contributed by atoms with Crippen LogP contribution in [-0.2, 0) is 9.78 Å². The van der Waals surface area contributed by atoms with Crippen molar-refractivity contribution >= 4 is 31.9 Å². The molecule has 0 unspecified atom stereocenters. The standard InChI is InChI=1S/C8H12Br2O2/c9-5-1-3-7-11-12-8-4-2-6-10/h3-4,7-8H,1-2,5-6H2. The Bertz CT molecular complexity index is 119. The molecule has 4 heteroatoms. The molecule has 0 N–H and O–H groups in total. The number of hydrogen-bond acceptors (Lipinski definition) is 2. The summed E-state index contributed by atoms with van der Waals surface area (Å²) in [7, 11) is 0. The predicted octanol–water partition coefficient (Wildman–Crippen LogP) is 3.53. The first-order valence-electron chi connectivity index (χ1n) is 3.66. The van der Waals surface area contributed by atoms with Crippen molar-refractivity contribution in [1.29, 1.82) is 0 Å². The summed E-state index contributed by atoms with van der Waals surface area (Å²) in [6, 6.07) is 0. The summed E-state index contributed by atoms with van der Waals surface area (Å²) in [5.74, 6) is 0. The molecule has 0 atom stereocenters. The number of rotatable bonds is 7. The normalized spacial score (nSPS) is 11.2. The highest BCUT2D eigenvalue weighted by molar-refractivity contribution is 9.09. The van der Waals surface area contributed by atoms with E-state index in [2.05, 4.69) is 41.6 Å². The molecule has 0 aromatic rings. The molecule has 70 valence electrons. The Kier molecular flexibility index (Phi) is 11.1. The number of halogens is 2. The first-order chi connectivity index (χ1) is 5.91. The number of hydrogen-bond donors (Lipinski definition) is 0. The van der Waals surface area contributed by atoms with E-state index in [1.54, 1.807) is 0 Å². The maximum Gasteiger partial charge on any atom is 0.138 e. The molecule has 0 aromatic heterocycles. The first kappa shape index (κ1) is 12.0. The molecule has 0 rings (SSSR count). The van der Waals surface area contributed by atoms with Gasteiger partial charge in [0.2, 0.25) is 0 Å². The van der Waals surface area contributed by atoms with Crippen molar-refractivity contribution in [2.75, 3.05) is 10.7 Å². The van der Waals surface area contributed by atoms with Crippen LogP contribution in [0.15, 0.2) is 24.7 Å². The zero-order valence-corrected chi connectivity index (χ0v) is 9.88. The van der Waals surface area contributed by atoms with E-state index in [1.807, 2.05) is 12.2 Å². The smallest absolute Gasteiger partial charge is 0.138 e. The molecule has 0 saturated carbocycles. The van der Waals surface area contributed by atoms with Gasteiger partial charge in [-0.05, 0) is 25.0 Å². The summed E-state index contributed by atoms with van der Waals surface area (Å²) in [5.41, 5.74) is 0. The summed E-state index contributed by atoms with van der Waals surface area (Å²) in [4.78, 5) is 9.36. The van der Waals surface area contributed by atoms with E-state index >= 15 is 0 Å². The average molecular weight is 300 g/mol. The van der Waals surface area contributed by atoms with Crippen molar-refractivity contribution in [1.82, 2.24) is 0 Å². The molecule has 0 aliphatic carbocycles. The SMILES string of the molecule is BrCCC=COOC=CCCBr. The zero-order valence-electron chi connectivity index (χ0n) is 6.71. The topological polar surface area (TPSA) is 18.5 Å². The fourth-order valence-corrected chi connectivity index (χ4v) is 0.933. The van der Waals surface area contributed by atoms with Gasteiger partial charge in [0.1, 0.15) is 12.5 Å². The molecule has 0 aromatic carbocycles. The highest BCUT2D eigenvalue weighted by Crippen LogP contribution is 1.92. The average Bonchev–Trinajstić information content (AvgIpc) is 2.10. The second-order valence-electron chi connectivity index (χ2n) is 1.89. The van der Waals surface area contributed by atoms with Gasteiger partial charge in [-0.3, -0.25) is 9.78 Å². The quantitative estimate of drug-likeness (QED) is 0.235.